The summed E-state index contributed by atoms with van der Waals surface area (Å²) >= 11 is 0. The summed E-state index contributed by atoms with van der Waals surface area (Å²) in [5, 5.41) is 13.0. The Morgan fingerprint density at radius 3 is 2.64 bits per heavy atom. The molecule has 33 heavy (non-hydrogen) atoms. The van der Waals surface area contributed by atoms with Crippen molar-refractivity contribution in [3.8, 4) is 0 Å². The fraction of sp³-hybridized carbons (Fsp3) is 0.870. The van der Waals surface area contributed by atoms with Crippen LogP contribution in [0.1, 0.15) is 40.0 Å². The van der Waals surface area contributed by atoms with Crippen LogP contribution in [0.15, 0.2) is 0 Å². The molecule has 4 saturated heterocycles. The highest BCUT2D eigenvalue weighted by Crippen LogP contribution is 2.63. The van der Waals surface area contributed by atoms with Crippen LogP contribution in [0.3, 0.4) is 0 Å². The summed E-state index contributed by atoms with van der Waals surface area (Å²) < 4.78 is 17.2. The number of rotatable bonds is 9. The molecule has 1 spiro atoms. The van der Waals surface area contributed by atoms with E-state index in [9.17, 15) is 19.5 Å². The first kappa shape index (κ1) is 24.4. The summed E-state index contributed by atoms with van der Waals surface area (Å²) in [4.78, 5) is 44.0. The predicted molar refractivity (Wildman–Crippen MR) is 117 cm³/mol. The first-order valence-electron chi connectivity index (χ1n) is 12.2. The van der Waals surface area contributed by atoms with Crippen molar-refractivity contribution in [1.29, 1.82) is 0 Å². The van der Waals surface area contributed by atoms with E-state index >= 15 is 0 Å². The molecule has 0 aromatic rings. The molecule has 0 aromatic heterocycles. The number of amides is 2. The molecule has 4 aliphatic rings. The minimum absolute atomic E-state index is 0.211. The van der Waals surface area contributed by atoms with E-state index < -0.39 is 41.1 Å². The Morgan fingerprint density at radius 1 is 1.27 bits per heavy atom. The number of aliphatic hydroxyl groups excluding tert-OH is 1. The number of hydrogen-bond acceptors (Lipinski definition) is 8. The summed E-state index contributed by atoms with van der Waals surface area (Å²) in [6, 6.07) is -1.41. The van der Waals surface area contributed by atoms with Crippen LogP contribution in [0, 0.1) is 11.8 Å². The van der Waals surface area contributed by atoms with Gasteiger partial charge in [-0.1, -0.05) is 6.92 Å². The summed E-state index contributed by atoms with van der Waals surface area (Å²) in [5.41, 5.74) is -1.93. The number of fused-ring (bicyclic) bond motifs is 1. The van der Waals surface area contributed by atoms with Crippen molar-refractivity contribution >= 4 is 17.8 Å². The lowest BCUT2D eigenvalue weighted by molar-refractivity contribution is -0.160. The Kier molecular flexibility index (Phi) is 7.00. The van der Waals surface area contributed by atoms with Gasteiger partial charge in [0.25, 0.3) is 0 Å². The third-order valence-corrected chi connectivity index (χ3v) is 7.91. The maximum Gasteiger partial charge on any atom is 0.312 e. The molecule has 10 nitrogen and oxygen atoms in total. The third kappa shape index (κ3) is 3.94. The summed E-state index contributed by atoms with van der Waals surface area (Å²) in [6.45, 7) is 9.52. The van der Waals surface area contributed by atoms with E-state index in [0.29, 0.717) is 45.6 Å². The largest absolute Gasteiger partial charge is 0.466 e. The van der Waals surface area contributed by atoms with Crippen LogP contribution in [-0.2, 0) is 28.6 Å². The van der Waals surface area contributed by atoms with E-state index in [2.05, 4.69) is 10.2 Å². The van der Waals surface area contributed by atoms with E-state index in [-0.39, 0.29) is 25.0 Å². The molecule has 2 unspecified atom stereocenters. The highest BCUT2D eigenvalue weighted by atomic mass is 16.6. The fourth-order valence-corrected chi connectivity index (χ4v) is 6.32. The van der Waals surface area contributed by atoms with Gasteiger partial charge in [0, 0.05) is 26.2 Å². The van der Waals surface area contributed by atoms with Crippen LogP contribution in [-0.4, -0.2) is 109 Å². The number of carbonyl (C=O) groups is 3. The van der Waals surface area contributed by atoms with E-state index in [0.717, 1.165) is 13.1 Å². The number of morpholine rings is 1. The lowest BCUT2D eigenvalue weighted by Gasteiger charge is -2.37. The minimum Gasteiger partial charge on any atom is -0.466 e. The molecule has 6 atom stereocenters. The molecule has 0 saturated carbocycles. The predicted octanol–water partition coefficient (Wildman–Crippen LogP) is -0.466. The van der Waals surface area contributed by atoms with Crippen molar-refractivity contribution in [2.24, 2.45) is 11.8 Å². The van der Waals surface area contributed by atoms with Crippen LogP contribution in [0.5, 0.6) is 0 Å². The normalized spacial score (nSPS) is 36.7. The van der Waals surface area contributed by atoms with Crippen LogP contribution in [0.4, 0.5) is 0 Å². The number of ether oxygens (including phenoxy) is 3. The van der Waals surface area contributed by atoms with Gasteiger partial charge in [-0.05, 0) is 33.1 Å². The van der Waals surface area contributed by atoms with Gasteiger partial charge in [0.2, 0.25) is 11.8 Å². The van der Waals surface area contributed by atoms with Gasteiger partial charge in [-0.3, -0.25) is 19.3 Å². The molecule has 2 amide bonds. The van der Waals surface area contributed by atoms with Gasteiger partial charge in [0.05, 0.1) is 44.0 Å². The molecule has 0 aromatic carbocycles. The van der Waals surface area contributed by atoms with Crippen molar-refractivity contribution < 1.29 is 33.7 Å². The monoisotopic (exact) mass is 467 g/mol. The van der Waals surface area contributed by atoms with E-state index in [1.807, 2.05) is 13.8 Å². The Balaban J connectivity index is 1.60. The first-order valence-corrected chi connectivity index (χ1v) is 12.2. The quantitative estimate of drug-likeness (QED) is 0.437. The number of nitrogens with one attached hydrogen (secondary N) is 1. The molecule has 4 rings (SSSR count). The standard InChI is InChI=1S/C23H37N3O7/c1-4-15(14-27)26-18(19(28)24-8-9-25-10-12-31-13-11-25)23-7-6-22(3,33-23)17(16(23)20(26)29)21(30)32-5-2/h15-18,27H,4-14H2,1-3H3,(H,24,28)/t15-,16-,17+,18?,22-,23?/m0/s1. The van der Waals surface area contributed by atoms with Gasteiger partial charge in [0.1, 0.15) is 17.6 Å². The summed E-state index contributed by atoms with van der Waals surface area (Å²) in [6.07, 6.45) is 1.57. The Morgan fingerprint density at radius 2 is 2.00 bits per heavy atom. The zero-order valence-electron chi connectivity index (χ0n) is 19.9. The maximum atomic E-state index is 13.8. The van der Waals surface area contributed by atoms with Gasteiger partial charge < -0.3 is 29.5 Å². The average molecular weight is 468 g/mol. The zero-order chi connectivity index (χ0) is 23.8. The average Bonchev–Trinajstić information content (AvgIpc) is 3.37. The van der Waals surface area contributed by atoms with Crippen molar-refractivity contribution in [3.05, 3.63) is 0 Å². The second-order valence-electron chi connectivity index (χ2n) is 9.71. The van der Waals surface area contributed by atoms with Gasteiger partial charge in [-0.2, -0.15) is 0 Å². The SMILES string of the molecule is CCOC(=O)[C@H]1[C@H]2C(=O)N([C@@H](CC)CO)C(C(=O)NCCN3CCOCC3)C23CC[C@]1(C)O3. The molecule has 186 valence electrons. The summed E-state index contributed by atoms with van der Waals surface area (Å²) in [7, 11) is 0. The van der Waals surface area contributed by atoms with Gasteiger partial charge >= 0.3 is 5.97 Å². The number of hydrogen-bond donors (Lipinski definition) is 2. The molecule has 0 radical (unpaired) electrons. The number of aliphatic hydroxyl groups is 1. The second kappa shape index (κ2) is 9.48. The number of carbonyl (C=O) groups excluding carboxylic acids is 3. The van der Waals surface area contributed by atoms with Crippen LogP contribution >= 0.6 is 0 Å². The highest BCUT2D eigenvalue weighted by molar-refractivity contribution is 5.98. The topological polar surface area (TPSA) is 118 Å². The highest BCUT2D eigenvalue weighted by Gasteiger charge is 2.78. The Labute approximate surface area is 194 Å². The summed E-state index contributed by atoms with van der Waals surface area (Å²) in [5.74, 6) is -2.59. The molecule has 4 aliphatic heterocycles. The van der Waals surface area contributed by atoms with Crippen molar-refractivity contribution in [3.63, 3.8) is 0 Å². The second-order valence-corrected chi connectivity index (χ2v) is 9.71. The third-order valence-electron chi connectivity index (χ3n) is 7.91. The minimum atomic E-state index is -1.09. The van der Waals surface area contributed by atoms with Crippen molar-refractivity contribution in [2.45, 2.75) is 63.3 Å². The molecule has 2 N–H and O–H groups in total. The molecule has 4 heterocycles. The lowest BCUT2D eigenvalue weighted by Crippen LogP contribution is -2.58. The van der Waals surface area contributed by atoms with E-state index in [1.165, 1.54) is 4.90 Å². The smallest absolute Gasteiger partial charge is 0.312 e. The zero-order valence-corrected chi connectivity index (χ0v) is 19.9. The molecular weight excluding hydrogens is 430 g/mol. The van der Waals surface area contributed by atoms with Crippen LogP contribution in [0.25, 0.3) is 0 Å². The van der Waals surface area contributed by atoms with Crippen molar-refractivity contribution in [2.75, 3.05) is 52.6 Å². The van der Waals surface area contributed by atoms with Gasteiger partial charge in [-0.25, -0.2) is 0 Å². The van der Waals surface area contributed by atoms with Crippen molar-refractivity contribution in [1.82, 2.24) is 15.1 Å². The Hall–Kier alpha value is -1.75. The molecular formula is C23H37N3O7. The number of esters is 1. The van der Waals surface area contributed by atoms with Crippen LogP contribution < -0.4 is 5.32 Å². The van der Waals surface area contributed by atoms with Gasteiger partial charge in [-0.15, -0.1) is 0 Å². The molecule has 10 heteroatoms. The first-order chi connectivity index (χ1) is 15.8. The van der Waals surface area contributed by atoms with Gasteiger partial charge in [0.15, 0.2) is 0 Å². The van der Waals surface area contributed by atoms with E-state index in [4.69, 9.17) is 14.2 Å². The maximum absolute atomic E-state index is 13.8. The molecule has 0 aliphatic carbocycles. The number of nitrogens with zero attached hydrogens (tertiary/aromatic N) is 2. The number of likely N-dealkylation sites (tertiary alicyclic amines) is 1. The van der Waals surface area contributed by atoms with Crippen LogP contribution in [0.2, 0.25) is 0 Å². The molecule has 4 fully saturated rings. The lowest BCUT2D eigenvalue weighted by atomic mass is 9.66. The molecule has 2 bridgehead atoms. The Bertz CT molecular complexity index is 769. The fourth-order valence-electron chi connectivity index (χ4n) is 6.32. The van der Waals surface area contributed by atoms with E-state index in [1.54, 1.807) is 6.92 Å².